The Kier molecular flexibility index (Phi) is 7.31. The molecule has 0 bridgehead atoms. The van der Waals surface area contributed by atoms with Gasteiger partial charge < -0.3 is 4.57 Å². The van der Waals surface area contributed by atoms with Crippen LogP contribution in [0.2, 0.25) is 0 Å². The molecule has 0 fully saturated rings. The highest BCUT2D eigenvalue weighted by atomic mass is 15.0. The molecule has 0 amide bonds. The van der Waals surface area contributed by atoms with Crippen molar-refractivity contribution in [2.45, 2.75) is 5.92 Å². The summed E-state index contributed by atoms with van der Waals surface area (Å²) < 4.78 is 2.42. The van der Waals surface area contributed by atoms with Crippen LogP contribution in [-0.2, 0) is 0 Å². The molecular weight excluding hydrogens is 667 g/mol. The molecular formula is C52H35N3. The van der Waals surface area contributed by atoms with Crippen molar-refractivity contribution in [3.05, 3.63) is 211 Å². The molecule has 55 heavy (non-hydrogen) atoms. The minimum atomic E-state index is 0.257. The summed E-state index contributed by atoms with van der Waals surface area (Å²) in [6.45, 7) is 0. The minimum absolute atomic E-state index is 0.257. The van der Waals surface area contributed by atoms with Gasteiger partial charge in [0.1, 0.15) is 0 Å². The van der Waals surface area contributed by atoms with Gasteiger partial charge in [-0.3, -0.25) is 0 Å². The second-order valence-corrected chi connectivity index (χ2v) is 14.6. The molecule has 2 aromatic heterocycles. The van der Waals surface area contributed by atoms with Gasteiger partial charge in [-0.2, -0.15) is 0 Å². The van der Waals surface area contributed by atoms with Gasteiger partial charge in [-0.25, -0.2) is 9.97 Å². The summed E-state index contributed by atoms with van der Waals surface area (Å²) in [6.07, 6.45) is 12.0. The predicted octanol–water partition coefficient (Wildman–Crippen LogP) is 13.1. The molecule has 0 aliphatic heterocycles. The third-order valence-electron chi connectivity index (χ3n) is 11.4. The van der Waals surface area contributed by atoms with Crippen molar-refractivity contribution in [2.75, 3.05) is 0 Å². The second-order valence-electron chi connectivity index (χ2n) is 14.6. The molecule has 2 heterocycles. The maximum absolute atomic E-state index is 5.07. The van der Waals surface area contributed by atoms with Gasteiger partial charge in [-0.15, -0.1) is 0 Å². The number of nitrogens with zero attached hydrogens (tertiary/aromatic N) is 3. The topological polar surface area (TPSA) is 30.7 Å². The van der Waals surface area contributed by atoms with Gasteiger partial charge in [0, 0.05) is 39.6 Å². The zero-order valence-corrected chi connectivity index (χ0v) is 30.0. The Hall–Kier alpha value is -7.10. The number of fused-ring (bicyclic) bond motifs is 8. The standard InChI is InChI=1S/C52H35N3/c1-3-12-35(13-4-1)47-33-48(54-52(53-47)37-14-5-2-6-15-37)36-21-26-42(27-22-36)55-49-18-10-9-17-46(49)51-45-29-24-39(32-41(45)25-30-50(51)55)38-23-28-44-40(31-38)20-19-34-11-7-8-16-43(34)44/h1-33,41,45H. The highest BCUT2D eigenvalue weighted by Crippen LogP contribution is 2.46. The largest absolute Gasteiger partial charge is 0.310 e. The average molecular weight is 702 g/mol. The fourth-order valence-corrected chi connectivity index (χ4v) is 8.68. The van der Waals surface area contributed by atoms with E-state index in [1.54, 1.807) is 0 Å². The van der Waals surface area contributed by atoms with E-state index >= 15 is 0 Å². The molecule has 7 aromatic carbocycles. The van der Waals surface area contributed by atoms with Crippen molar-refractivity contribution in [3.63, 3.8) is 0 Å². The quantitative estimate of drug-likeness (QED) is 0.167. The SMILES string of the molecule is C1=CC2c3c(n(-c4ccc(-c5cc(-c6ccccc6)nc(-c6ccccc6)n5)cc4)c4ccccc34)C=CC2C=C1c1ccc2c(ccc3ccccc32)c1. The highest BCUT2D eigenvalue weighted by Gasteiger charge is 2.31. The molecule has 0 spiro atoms. The van der Waals surface area contributed by atoms with Crippen LogP contribution in [0.3, 0.4) is 0 Å². The lowest BCUT2D eigenvalue weighted by Gasteiger charge is -2.28. The number of para-hydroxylation sites is 1. The monoisotopic (exact) mass is 701 g/mol. The van der Waals surface area contributed by atoms with Gasteiger partial charge in [0.2, 0.25) is 0 Å². The zero-order valence-electron chi connectivity index (χ0n) is 30.0. The number of allylic oxidation sites excluding steroid dienone is 5. The first-order valence-electron chi connectivity index (χ1n) is 19.0. The molecule has 0 saturated carbocycles. The Morgan fingerprint density at radius 1 is 0.455 bits per heavy atom. The Morgan fingerprint density at radius 3 is 1.89 bits per heavy atom. The van der Waals surface area contributed by atoms with Crippen LogP contribution in [0.1, 0.15) is 22.7 Å². The molecule has 2 atom stereocenters. The van der Waals surface area contributed by atoms with E-state index in [0.29, 0.717) is 0 Å². The summed E-state index contributed by atoms with van der Waals surface area (Å²) in [5, 5.41) is 6.46. The van der Waals surface area contributed by atoms with Gasteiger partial charge >= 0.3 is 0 Å². The summed E-state index contributed by atoms with van der Waals surface area (Å²) in [5.41, 5.74) is 12.4. The molecule has 0 radical (unpaired) electrons. The molecule has 2 aliphatic rings. The number of hydrogen-bond donors (Lipinski definition) is 0. The van der Waals surface area contributed by atoms with Crippen molar-refractivity contribution in [3.8, 4) is 39.6 Å². The Morgan fingerprint density at radius 2 is 1.09 bits per heavy atom. The third kappa shape index (κ3) is 5.35. The van der Waals surface area contributed by atoms with E-state index in [4.69, 9.17) is 9.97 Å². The summed E-state index contributed by atoms with van der Waals surface area (Å²) in [5.74, 6) is 1.25. The molecule has 3 heteroatoms. The Labute approximate surface area is 319 Å². The van der Waals surface area contributed by atoms with Gasteiger partial charge in [-0.1, -0.05) is 164 Å². The van der Waals surface area contributed by atoms with Crippen molar-refractivity contribution >= 4 is 44.1 Å². The molecule has 2 aliphatic carbocycles. The first kappa shape index (κ1) is 31.4. The molecule has 258 valence electrons. The summed E-state index contributed by atoms with van der Waals surface area (Å²) >= 11 is 0. The van der Waals surface area contributed by atoms with Crippen LogP contribution < -0.4 is 0 Å². The van der Waals surface area contributed by atoms with E-state index in [-0.39, 0.29) is 11.8 Å². The maximum Gasteiger partial charge on any atom is 0.160 e. The minimum Gasteiger partial charge on any atom is -0.310 e. The van der Waals surface area contributed by atoms with Gasteiger partial charge in [0.25, 0.3) is 0 Å². The van der Waals surface area contributed by atoms with Crippen molar-refractivity contribution in [1.82, 2.24) is 14.5 Å². The van der Waals surface area contributed by atoms with E-state index in [2.05, 4.69) is 181 Å². The van der Waals surface area contributed by atoms with Gasteiger partial charge in [0.15, 0.2) is 5.82 Å². The van der Waals surface area contributed by atoms with Crippen LogP contribution in [0.5, 0.6) is 0 Å². The van der Waals surface area contributed by atoms with E-state index in [0.717, 1.165) is 39.6 Å². The van der Waals surface area contributed by atoms with Crippen LogP contribution in [0, 0.1) is 5.92 Å². The number of aromatic nitrogens is 3. The molecule has 2 unspecified atom stereocenters. The third-order valence-corrected chi connectivity index (χ3v) is 11.4. The Balaban J connectivity index is 0.956. The molecule has 11 rings (SSSR count). The normalized spacial score (nSPS) is 16.0. The first-order valence-corrected chi connectivity index (χ1v) is 19.0. The molecule has 0 N–H and O–H groups in total. The average Bonchev–Trinajstić information content (AvgIpc) is 3.61. The summed E-state index contributed by atoms with van der Waals surface area (Å²) in [4.78, 5) is 10.1. The Bertz CT molecular complexity index is 2960. The fourth-order valence-electron chi connectivity index (χ4n) is 8.68. The van der Waals surface area contributed by atoms with Crippen LogP contribution in [0.4, 0.5) is 0 Å². The van der Waals surface area contributed by atoms with E-state index in [9.17, 15) is 0 Å². The van der Waals surface area contributed by atoms with Crippen LogP contribution in [-0.4, -0.2) is 14.5 Å². The van der Waals surface area contributed by atoms with Crippen LogP contribution in [0.15, 0.2) is 194 Å². The predicted molar refractivity (Wildman–Crippen MR) is 229 cm³/mol. The fraction of sp³-hybridized carbons (Fsp3) is 0.0385. The van der Waals surface area contributed by atoms with Crippen molar-refractivity contribution in [1.29, 1.82) is 0 Å². The van der Waals surface area contributed by atoms with Gasteiger partial charge in [0.05, 0.1) is 22.6 Å². The van der Waals surface area contributed by atoms with Crippen LogP contribution >= 0.6 is 0 Å². The van der Waals surface area contributed by atoms with Crippen LogP contribution in [0.25, 0.3) is 83.7 Å². The highest BCUT2D eigenvalue weighted by molar-refractivity contribution is 6.08. The number of benzene rings is 7. The van der Waals surface area contributed by atoms with Crippen molar-refractivity contribution in [2.24, 2.45) is 5.92 Å². The lowest BCUT2D eigenvalue weighted by Crippen LogP contribution is -2.15. The second kappa shape index (κ2) is 12.8. The summed E-state index contributed by atoms with van der Waals surface area (Å²) in [7, 11) is 0. The lowest BCUT2D eigenvalue weighted by molar-refractivity contribution is 0.696. The molecule has 9 aromatic rings. The number of hydrogen-bond acceptors (Lipinski definition) is 2. The van der Waals surface area contributed by atoms with Gasteiger partial charge in [-0.05, 0) is 74.7 Å². The smallest absolute Gasteiger partial charge is 0.160 e. The van der Waals surface area contributed by atoms with E-state index < -0.39 is 0 Å². The molecule has 0 saturated heterocycles. The maximum atomic E-state index is 5.07. The molecule has 3 nitrogen and oxygen atoms in total. The zero-order chi connectivity index (χ0) is 36.3. The summed E-state index contributed by atoms with van der Waals surface area (Å²) in [6, 6.07) is 60.4. The lowest BCUT2D eigenvalue weighted by atomic mass is 9.76. The number of rotatable bonds is 5. The van der Waals surface area contributed by atoms with E-state index in [1.165, 1.54) is 54.8 Å². The van der Waals surface area contributed by atoms with E-state index in [1.807, 2.05) is 24.3 Å². The first-order chi connectivity index (χ1) is 27.2. The van der Waals surface area contributed by atoms with Crippen molar-refractivity contribution < 1.29 is 0 Å².